The topological polar surface area (TPSA) is 122 Å². The summed E-state index contributed by atoms with van der Waals surface area (Å²) in [7, 11) is 0. The number of rotatable bonds is 6. The van der Waals surface area contributed by atoms with Crippen LogP contribution in [-0.4, -0.2) is 29.7 Å². The number of nitrogens with two attached hydrogens (primary N) is 2. The number of hydrogen-bond acceptors (Lipinski definition) is 5. The molecule has 7 N–H and O–H groups in total. The summed E-state index contributed by atoms with van der Waals surface area (Å²) in [6, 6.07) is 0. The molecular formula is C5H17N2O4PS. The summed E-state index contributed by atoms with van der Waals surface area (Å²) in [5, 5.41) is 0. The van der Waals surface area contributed by atoms with Gasteiger partial charge in [-0.25, -0.2) is 0 Å². The molecule has 0 fully saturated rings. The minimum atomic E-state index is -3.13. The summed E-state index contributed by atoms with van der Waals surface area (Å²) in [6.45, 7) is -0.708. The number of hydrogen-bond donors (Lipinski definition) is 3. The van der Waals surface area contributed by atoms with Crippen molar-refractivity contribution in [3.05, 3.63) is 0 Å². The zero-order chi connectivity index (χ0) is 9.61. The average Bonchev–Trinajstić information content (AvgIpc) is 1.85. The predicted molar refractivity (Wildman–Crippen MR) is 54.5 cm³/mol. The fourth-order valence-corrected chi connectivity index (χ4v) is 2.06. The van der Waals surface area contributed by atoms with Crippen LogP contribution in [-0.2, 0) is 20.9 Å². The van der Waals surface area contributed by atoms with Crippen molar-refractivity contribution in [2.75, 3.05) is 13.2 Å². The second kappa shape index (κ2) is 7.78. The Labute approximate surface area is 82.8 Å². The van der Waals surface area contributed by atoms with Crippen molar-refractivity contribution in [1.29, 1.82) is 0 Å². The molecule has 6 nitrogen and oxygen atoms in total. The van der Waals surface area contributed by atoms with Crippen LogP contribution >= 0.6 is 6.72 Å². The van der Waals surface area contributed by atoms with E-state index in [2.05, 4.69) is 11.8 Å². The predicted octanol–water partition coefficient (Wildman–Crippen LogP) is -0.935. The van der Waals surface area contributed by atoms with Crippen molar-refractivity contribution >= 4 is 18.5 Å². The molecule has 0 aromatic heterocycles. The molecule has 2 unspecified atom stereocenters. The van der Waals surface area contributed by atoms with Crippen LogP contribution in [0, 0.1) is 0 Å². The van der Waals surface area contributed by atoms with E-state index in [4.69, 9.17) is 20.5 Å². The van der Waals surface area contributed by atoms with Gasteiger partial charge in [0.2, 0.25) is 0 Å². The molecule has 8 heteroatoms. The molecule has 0 aliphatic heterocycles. The third kappa shape index (κ3) is 8.73. The van der Waals surface area contributed by atoms with E-state index in [0.717, 1.165) is 0 Å². The highest BCUT2D eigenvalue weighted by atomic mass is 32.5. The Hall–Kier alpha value is 0.410. The van der Waals surface area contributed by atoms with Crippen molar-refractivity contribution in [3.8, 4) is 0 Å². The van der Waals surface area contributed by atoms with Crippen LogP contribution in [0.15, 0.2) is 0 Å². The molecular weight excluding hydrogens is 215 g/mol. The minimum absolute atomic E-state index is 0. The monoisotopic (exact) mass is 232 g/mol. The lowest BCUT2D eigenvalue weighted by molar-refractivity contribution is 0.143. The summed E-state index contributed by atoms with van der Waals surface area (Å²) in [6.07, 6.45) is -0.191. The molecule has 0 amide bonds. The molecule has 2 atom stereocenters. The van der Waals surface area contributed by atoms with Crippen molar-refractivity contribution in [1.82, 2.24) is 0 Å². The van der Waals surface area contributed by atoms with Gasteiger partial charge in [-0.1, -0.05) is 0 Å². The zero-order valence-electron chi connectivity index (χ0n) is 7.47. The van der Waals surface area contributed by atoms with Crippen LogP contribution in [0.25, 0.3) is 0 Å². The molecule has 0 aromatic rings. The quantitative estimate of drug-likeness (QED) is 0.401. The SMILES string of the molecule is CCOP(O)(=S)OC(N)CCN.O. The van der Waals surface area contributed by atoms with Gasteiger partial charge in [-0.2, -0.15) is 0 Å². The van der Waals surface area contributed by atoms with Gasteiger partial charge in [0.1, 0.15) is 6.23 Å². The van der Waals surface area contributed by atoms with E-state index >= 15 is 0 Å². The Bertz CT molecular complexity index is 171. The summed E-state index contributed by atoms with van der Waals surface area (Å²) < 4.78 is 9.66. The first-order valence-corrected chi connectivity index (χ1v) is 6.22. The van der Waals surface area contributed by atoms with Gasteiger partial charge in [-0.3, -0.25) is 4.52 Å². The first-order chi connectivity index (χ1) is 5.52. The first-order valence-electron chi connectivity index (χ1n) is 3.63. The summed E-state index contributed by atoms with van der Waals surface area (Å²) in [4.78, 5) is 9.27. The fraction of sp³-hybridized carbons (Fsp3) is 1.00. The van der Waals surface area contributed by atoms with E-state index in [1.54, 1.807) is 6.92 Å². The van der Waals surface area contributed by atoms with Gasteiger partial charge in [0.15, 0.2) is 0 Å². The molecule has 13 heavy (non-hydrogen) atoms. The zero-order valence-corrected chi connectivity index (χ0v) is 9.18. The van der Waals surface area contributed by atoms with Crippen molar-refractivity contribution < 1.29 is 19.4 Å². The molecule has 82 valence electrons. The van der Waals surface area contributed by atoms with E-state index in [1.807, 2.05) is 0 Å². The van der Waals surface area contributed by atoms with Gasteiger partial charge >= 0.3 is 6.72 Å². The Morgan fingerprint density at radius 3 is 2.54 bits per heavy atom. The maximum absolute atomic E-state index is 9.27. The third-order valence-corrected chi connectivity index (χ3v) is 2.71. The third-order valence-electron chi connectivity index (χ3n) is 1.01. The van der Waals surface area contributed by atoms with E-state index in [1.165, 1.54) is 0 Å². The molecule has 0 aliphatic rings. The highest BCUT2D eigenvalue weighted by Gasteiger charge is 2.17. The highest BCUT2D eigenvalue weighted by molar-refractivity contribution is 8.07. The van der Waals surface area contributed by atoms with Gasteiger partial charge in [-0.05, 0) is 31.7 Å². The van der Waals surface area contributed by atoms with Crippen LogP contribution in [0.1, 0.15) is 13.3 Å². The smallest absolute Gasteiger partial charge is 0.326 e. The largest absolute Gasteiger partial charge is 0.412 e. The van der Waals surface area contributed by atoms with Crippen LogP contribution in [0.4, 0.5) is 0 Å². The summed E-state index contributed by atoms with van der Waals surface area (Å²) >= 11 is 4.63. The van der Waals surface area contributed by atoms with Crippen LogP contribution in [0.3, 0.4) is 0 Å². The lowest BCUT2D eigenvalue weighted by Gasteiger charge is -2.18. The first kappa shape index (κ1) is 15.9. The van der Waals surface area contributed by atoms with Crippen molar-refractivity contribution in [3.63, 3.8) is 0 Å². The Morgan fingerprint density at radius 1 is 1.62 bits per heavy atom. The lowest BCUT2D eigenvalue weighted by atomic mass is 10.4. The van der Waals surface area contributed by atoms with E-state index in [0.29, 0.717) is 19.6 Å². The highest BCUT2D eigenvalue weighted by Crippen LogP contribution is 2.44. The second-order valence-corrected chi connectivity index (χ2v) is 4.90. The molecule has 0 saturated heterocycles. The standard InChI is InChI=1S/C5H15N2O3PS.H2O/c1-2-9-11(8,12)10-5(7)3-4-6;/h5H,2-4,6-7H2,1H3,(H,8,12);1H2. The fourth-order valence-electron chi connectivity index (χ4n) is 0.582. The van der Waals surface area contributed by atoms with E-state index < -0.39 is 12.9 Å². The van der Waals surface area contributed by atoms with Gasteiger partial charge < -0.3 is 26.4 Å². The summed E-state index contributed by atoms with van der Waals surface area (Å²) in [5.74, 6) is 0. The Kier molecular flexibility index (Phi) is 9.49. The lowest BCUT2D eigenvalue weighted by Crippen LogP contribution is -2.26. The minimum Gasteiger partial charge on any atom is -0.412 e. The summed E-state index contributed by atoms with van der Waals surface area (Å²) in [5.41, 5.74) is 10.6. The molecule has 0 rings (SSSR count). The van der Waals surface area contributed by atoms with Crippen LogP contribution in [0.5, 0.6) is 0 Å². The van der Waals surface area contributed by atoms with Crippen molar-refractivity contribution in [2.24, 2.45) is 11.5 Å². The Balaban J connectivity index is 0. The molecule has 0 aliphatic carbocycles. The van der Waals surface area contributed by atoms with Gasteiger partial charge in [-0.15, -0.1) is 0 Å². The molecule has 0 saturated carbocycles. The van der Waals surface area contributed by atoms with E-state index in [-0.39, 0.29) is 5.48 Å². The molecule has 0 heterocycles. The van der Waals surface area contributed by atoms with Crippen LogP contribution in [0.2, 0.25) is 0 Å². The van der Waals surface area contributed by atoms with Gasteiger partial charge in [0, 0.05) is 0 Å². The molecule has 0 spiro atoms. The average molecular weight is 232 g/mol. The molecule has 0 aromatic carbocycles. The normalized spacial score (nSPS) is 17.2. The maximum atomic E-state index is 9.27. The Morgan fingerprint density at radius 2 is 2.15 bits per heavy atom. The second-order valence-electron chi connectivity index (χ2n) is 2.11. The van der Waals surface area contributed by atoms with Crippen molar-refractivity contribution in [2.45, 2.75) is 19.6 Å². The maximum Gasteiger partial charge on any atom is 0.326 e. The molecule has 0 bridgehead atoms. The van der Waals surface area contributed by atoms with Gasteiger partial charge in [0.25, 0.3) is 0 Å². The van der Waals surface area contributed by atoms with Gasteiger partial charge in [0.05, 0.1) is 6.61 Å². The van der Waals surface area contributed by atoms with Crippen LogP contribution < -0.4 is 11.5 Å². The molecule has 0 radical (unpaired) electrons. The van der Waals surface area contributed by atoms with E-state index in [9.17, 15) is 4.89 Å².